The molecule has 0 amide bonds. The molecule has 0 saturated carbocycles. The molecule has 0 N–H and O–H groups in total. The Bertz CT molecular complexity index is 3300. The van der Waals surface area contributed by atoms with Gasteiger partial charge in [-0.2, -0.15) is 0 Å². The smallest absolute Gasteiger partial charge is 0.263 e. The molecular formula is C55H38N4O. The Labute approximate surface area is 348 Å². The minimum atomic E-state index is -0.286. The van der Waals surface area contributed by atoms with E-state index >= 15 is 0 Å². The third-order valence-corrected chi connectivity index (χ3v) is 12.0. The summed E-state index contributed by atoms with van der Waals surface area (Å²) in [7, 11) is 0. The number of rotatable bonds is 6. The summed E-state index contributed by atoms with van der Waals surface area (Å²) in [4.78, 5) is 30.2. The van der Waals surface area contributed by atoms with E-state index in [1.807, 2.05) is 78.9 Å². The largest absolute Gasteiger partial charge is 0.276 e. The molecule has 60 heavy (non-hydrogen) atoms. The predicted octanol–water partition coefficient (Wildman–Crippen LogP) is 13.0. The fraction of sp³-hybridized carbons (Fsp3) is 0.0545. The van der Waals surface area contributed by atoms with Gasteiger partial charge in [-0.25, -0.2) is 15.0 Å². The molecule has 0 radical (unpaired) electrons. The zero-order chi connectivity index (χ0) is 40.4. The number of aromatic nitrogens is 4. The maximum atomic E-state index is 14.1. The van der Waals surface area contributed by atoms with Crippen molar-refractivity contribution in [2.24, 2.45) is 0 Å². The molecule has 0 bridgehead atoms. The minimum absolute atomic E-state index is 0.0594. The van der Waals surface area contributed by atoms with Crippen LogP contribution in [0.3, 0.4) is 0 Å². The molecule has 5 heteroatoms. The van der Waals surface area contributed by atoms with Gasteiger partial charge in [-0.05, 0) is 104 Å². The third kappa shape index (κ3) is 5.77. The van der Waals surface area contributed by atoms with Crippen LogP contribution in [0.5, 0.6) is 0 Å². The van der Waals surface area contributed by atoms with Crippen molar-refractivity contribution in [3.63, 3.8) is 0 Å². The lowest BCUT2D eigenvalue weighted by Gasteiger charge is -2.24. The monoisotopic (exact) mass is 770 g/mol. The predicted molar refractivity (Wildman–Crippen MR) is 245 cm³/mol. The van der Waals surface area contributed by atoms with Gasteiger partial charge in [0.25, 0.3) is 5.56 Å². The Kier molecular flexibility index (Phi) is 8.24. The van der Waals surface area contributed by atoms with Crippen LogP contribution in [-0.2, 0) is 5.41 Å². The van der Waals surface area contributed by atoms with Crippen molar-refractivity contribution in [3.8, 4) is 73.2 Å². The molecule has 284 valence electrons. The molecule has 1 aliphatic rings. The highest BCUT2D eigenvalue weighted by molar-refractivity contribution is 6.07. The first kappa shape index (κ1) is 35.4. The molecule has 0 spiro atoms. The van der Waals surface area contributed by atoms with Gasteiger partial charge in [0.1, 0.15) is 0 Å². The van der Waals surface area contributed by atoms with Crippen LogP contribution >= 0.6 is 0 Å². The van der Waals surface area contributed by atoms with Gasteiger partial charge in [0, 0.05) is 38.6 Å². The molecule has 10 aromatic rings. The summed E-state index contributed by atoms with van der Waals surface area (Å²) in [6, 6.07) is 66.5. The number of benzene rings is 8. The van der Waals surface area contributed by atoms with Crippen LogP contribution in [0.4, 0.5) is 0 Å². The maximum Gasteiger partial charge on any atom is 0.263 e. The van der Waals surface area contributed by atoms with Crippen molar-refractivity contribution >= 4 is 21.7 Å². The average Bonchev–Trinajstić information content (AvgIpc) is 3.55. The number of fused-ring (bicyclic) bond motifs is 6. The molecule has 2 heterocycles. The Morgan fingerprint density at radius 2 is 0.933 bits per heavy atom. The van der Waals surface area contributed by atoms with Gasteiger partial charge in [0.05, 0.1) is 5.52 Å². The van der Waals surface area contributed by atoms with Crippen LogP contribution < -0.4 is 5.56 Å². The molecule has 11 rings (SSSR count). The molecule has 0 unspecified atom stereocenters. The first-order valence-electron chi connectivity index (χ1n) is 20.3. The third-order valence-electron chi connectivity index (χ3n) is 12.0. The standard InChI is InChI=1S/C55H38N4O/c1-55(2)48-28-15-14-24-43(48)44-26-16-27-46(50(44)55)53-57-51(37-29-30-49-47(34-37)42-23-12-13-25-45(42)54(60)59(49)41-21-10-5-11-22-41)56-52(58-53)40-32-38(35-17-6-3-7-18-35)31-39(33-40)36-19-8-4-9-20-36/h3-34H,1-2H3. The van der Waals surface area contributed by atoms with E-state index in [4.69, 9.17) is 15.0 Å². The quantitative estimate of drug-likeness (QED) is 0.158. The number of hydrogen-bond donors (Lipinski definition) is 0. The van der Waals surface area contributed by atoms with Gasteiger partial charge in [-0.1, -0.05) is 153 Å². The van der Waals surface area contributed by atoms with Crippen LogP contribution in [0.25, 0.3) is 94.9 Å². The lowest BCUT2D eigenvalue weighted by Crippen LogP contribution is -2.19. The summed E-state index contributed by atoms with van der Waals surface area (Å²) in [5.41, 5.74) is 13.3. The molecule has 5 nitrogen and oxygen atoms in total. The first-order valence-corrected chi connectivity index (χ1v) is 20.3. The summed E-state index contributed by atoms with van der Waals surface area (Å²) in [6.07, 6.45) is 0. The molecule has 0 fully saturated rings. The Hall–Kier alpha value is -7.76. The van der Waals surface area contributed by atoms with Gasteiger partial charge in [0.2, 0.25) is 0 Å². The average molecular weight is 771 g/mol. The highest BCUT2D eigenvalue weighted by Gasteiger charge is 2.38. The van der Waals surface area contributed by atoms with Crippen molar-refractivity contribution in [2.75, 3.05) is 0 Å². The molecular weight excluding hydrogens is 733 g/mol. The van der Waals surface area contributed by atoms with Crippen LogP contribution in [-0.4, -0.2) is 19.5 Å². The number of nitrogens with zero attached hydrogens (tertiary/aromatic N) is 4. The molecule has 0 atom stereocenters. The molecule has 8 aromatic carbocycles. The summed E-state index contributed by atoms with van der Waals surface area (Å²) >= 11 is 0. The van der Waals surface area contributed by atoms with Gasteiger partial charge in [-0.3, -0.25) is 9.36 Å². The van der Waals surface area contributed by atoms with Gasteiger partial charge in [0.15, 0.2) is 17.5 Å². The lowest BCUT2D eigenvalue weighted by molar-refractivity contribution is 0.661. The van der Waals surface area contributed by atoms with Crippen LogP contribution in [0, 0.1) is 0 Å². The van der Waals surface area contributed by atoms with Crippen LogP contribution in [0.1, 0.15) is 25.0 Å². The van der Waals surface area contributed by atoms with Gasteiger partial charge >= 0.3 is 0 Å². The summed E-state index contributed by atoms with van der Waals surface area (Å²) in [5, 5.41) is 2.46. The minimum Gasteiger partial charge on any atom is -0.276 e. The maximum absolute atomic E-state index is 14.1. The Morgan fingerprint density at radius 3 is 1.63 bits per heavy atom. The van der Waals surface area contributed by atoms with Crippen molar-refractivity contribution in [3.05, 3.63) is 216 Å². The summed E-state index contributed by atoms with van der Waals surface area (Å²) in [6.45, 7) is 4.58. The second-order valence-corrected chi connectivity index (χ2v) is 16.0. The lowest BCUT2D eigenvalue weighted by atomic mass is 9.80. The zero-order valence-corrected chi connectivity index (χ0v) is 33.2. The van der Waals surface area contributed by atoms with Crippen molar-refractivity contribution in [1.29, 1.82) is 0 Å². The Morgan fingerprint density at radius 1 is 0.400 bits per heavy atom. The fourth-order valence-electron chi connectivity index (χ4n) is 9.19. The van der Waals surface area contributed by atoms with E-state index in [1.54, 1.807) is 4.57 Å². The molecule has 1 aliphatic carbocycles. The molecule has 0 saturated heterocycles. The van der Waals surface area contributed by atoms with Gasteiger partial charge in [-0.15, -0.1) is 0 Å². The van der Waals surface area contributed by atoms with E-state index in [1.165, 1.54) is 22.3 Å². The van der Waals surface area contributed by atoms with Crippen molar-refractivity contribution in [2.45, 2.75) is 19.3 Å². The van der Waals surface area contributed by atoms with E-state index in [2.05, 4.69) is 129 Å². The number of hydrogen-bond acceptors (Lipinski definition) is 4. The normalized spacial score (nSPS) is 12.7. The second-order valence-electron chi connectivity index (χ2n) is 16.0. The second kappa shape index (κ2) is 14.0. The highest BCUT2D eigenvalue weighted by atomic mass is 16.1. The molecule has 0 aliphatic heterocycles. The first-order chi connectivity index (χ1) is 29.4. The van der Waals surface area contributed by atoms with E-state index in [0.29, 0.717) is 22.9 Å². The number of pyridine rings is 1. The summed E-state index contributed by atoms with van der Waals surface area (Å²) in [5.74, 6) is 1.74. The number of para-hydroxylation sites is 1. The van der Waals surface area contributed by atoms with E-state index in [0.717, 1.165) is 60.9 Å². The van der Waals surface area contributed by atoms with Crippen LogP contribution in [0.2, 0.25) is 0 Å². The van der Waals surface area contributed by atoms with E-state index in [-0.39, 0.29) is 11.0 Å². The fourth-order valence-corrected chi connectivity index (χ4v) is 9.19. The Balaban J connectivity index is 1.19. The summed E-state index contributed by atoms with van der Waals surface area (Å²) < 4.78 is 1.80. The highest BCUT2D eigenvalue weighted by Crippen LogP contribution is 2.52. The SMILES string of the molecule is CC1(C)c2ccccc2-c2cccc(-c3nc(-c4cc(-c5ccccc5)cc(-c5ccccc5)c4)nc(-c4ccc5c(c4)c4ccccc4c(=O)n5-c4ccccc4)n3)c21. The van der Waals surface area contributed by atoms with E-state index in [9.17, 15) is 4.79 Å². The van der Waals surface area contributed by atoms with Crippen molar-refractivity contribution < 1.29 is 0 Å². The van der Waals surface area contributed by atoms with Crippen LogP contribution in [0.15, 0.2) is 199 Å². The molecule has 2 aromatic heterocycles. The van der Waals surface area contributed by atoms with E-state index < -0.39 is 0 Å². The van der Waals surface area contributed by atoms with Crippen molar-refractivity contribution in [1.82, 2.24) is 19.5 Å². The van der Waals surface area contributed by atoms with Gasteiger partial charge < -0.3 is 0 Å². The zero-order valence-electron chi connectivity index (χ0n) is 33.2. The topological polar surface area (TPSA) is 60.7 Å².